The van der Waals surface area contributed by atoms with Crippen LogP contribution in [0.1, 0.15) is 46.5 Å². The first kappa shape index (κ1) is 20.1. The number of rotatable bonds is 7. The van der Waals surface area contributed by atoms with Crippen molar-refractivity contribution < 1.29 is 14.3 Å². The van der Waals surface area contributed by atoms with E-state index in [0.29, 0.717) is 18.6 Å². The largest absolute Gasteiger partial charge is 0.379 e. The zero-order valence-corrected chi connectivity index (χ0v) is 17.1. The fraction of sp³-hybridized carbons (Fsp3) is 0.895. The van der Waals surface area contributed by atoms with Gasteiger partial charge in [-0.1, -0.05) is 20.3 Å². The van der Waals surface area contributed by atoms with Gasteiger partial charge >= 0.3 is 0 Å². The fourth-order valence-corrected chi connectivity index (χ4v) is 5.00. The SMILES string of the molecule is CCC1CC(C)C(N=C2NC(=O)C(C)(OCCCN3CCOCC3)S2)C1. The molecular weight excluding hydrogens is 350 g/mol. The highest BCUT2D eigenvalue weighted by atomic mass is 32.2. The van der Waals surface area contributed by atoms with Crippen LogP contribution in [-0.4, -0.2) is 66.4 Å². The summed E-state index contributed by atoms with van der Waals surface area (Å²) in [5, 5.41) is 3.67. The first-order valence-corrected chi connectivity index (χ1v) is 10.8. The maximum atomic E-state index is 12.4. The van der Waals surface area contributed by atoms with Crippen molar-refractivity contribution in [1.82, 2.24) is 10.2 Å². The van der Waals surface area contributed by atoms with E-state index in [-0.39, 0.29) is 5.91 Å². The summed E-state index contributed by atoms with van der Waals surface area (Å²) < 4.78 is 11.3. The molecule has 0 aromatic carbocycles. The Morgan fingerprint density at radius 1 is 1.38 bits per heavy atom. The Kier molecular flexibility index (Phi) is 6.99. The van der Waals surface area contributed by atoms with Crippen LogP contribution in [0.15, 0.2) is 4.99 Å². The van der Waals surface area contributed by atoms with E-state index in [1.165, 1.54) is 24.6 Å². The lowest BCUT2D eigenvalue weighted by Crippen LogP contribution is -2.39. The van der Waals surface area contributed by atoms with E-state index >= 15 is 0 Å². The minimum atomic E-state index is -0.851. The minimum Gasteiger partial charge on any atom is -0.379 e. The number of amides is 1. The molecule has 1 N–H and O–H groups in total. The number of morpholine rings is 1. The Hall–Kier alpha value is -0.630. The molecule has 148 valence electrons. The zero-order valence-electron chi connectivity index (χ0n) is 16.3. The zero-order chi connectivity index (χ0) is 18.6. The average Bonchev–Trinajstić information content (AvgIpc) is 3.12. The smallest absolute Gasteiger partial charge is 0.268 e. The second-order valence-electron chi connectivity index (χ2n) is 7.88. The van der Waals surface area contributed by atoms with Gasteiger partial charge in [0.05, 0.1) is 25.9 Å². The van der Waals surface area contributed by atoms with Crippen LogP contribution in [0, 0.1) is 11.8 Å². The quantitative estimate of drug-likeness (QED) is 0.685. The highest BCUT2D eigenvalue weighted by Gasteiger charge is 2.44. The molecule has 0 aromatic heterocycles. The van der Waals surface area contributed by atoms with Gasteiger partial charge in [-0.2, -0.15) is 0 Å². The van der Waals surface area contributed by atoms with Gasteiger partial charge in [-0.25, -0.2) is 0 Å². The van der Waals surface area contributed by atoms with E-state index in [4.69, 9.17) is 14.5 Å². The van der Waals surface area contributed by atoms with Crippen LogP contribution in [0.25, 0.3) is 0 Å². The number of ether oxygens (including phenoxy) is 2. The van der Waals surface area contributed by atoms with Crippen molar-refractivity contribution in [2.75, 3.05) is 39.5 Å². The van der Waals surface area contributed by atoms with Gasteiger partial charge in [-0.3, -0.25) is 14.7 Å². The van der Waals surface area contributed by atoms with Crippen LogP contribution in [0.4, 0.5) is 0 Å². The van der Waals surface area contributed by atoms with Gasteiger partial charge < -0.3 is 14.8 Å². The second-order valence-corrected chi connectivity index (χ2v) is 9.25. The molecule has 3 fully saturated rings. The van der Waals surface area contributed by atoms with Crippen molar-refractivity contribution in [2.45, 2.75) is 57.4 Å². The summed E-state index contributed by atoms with van der Waals surface area (Å²) in [6, 6.07) is 0.325. The van der Waals surface area contributed by atoms with Crippen molar-refractivity contribution >= 4 is 22.8 Å². The first-order chi connectivity index (χ1) is 12.5. The monoisotopic (exact) mass is 383 g/mol. The predicted octanol–water partition coefficient (Wildman–Crippen LogP) is 2.49. The predicted molar refractivity (Wildman–Crippen MR) is 105 cm³/mol. The molecule has 4 unspecified atom stereocenters. The highest BCUT2D eigenvalue weighted by Crippen LogP contribution is 2.38. The molecule has 6 nitrogen and oxygen atoms in total. The van der Waals surface area contributed by atoms with E-state index in [1.54, 1.807) is 0 Å². The topological polar surface area (TPSA) is 63.2 Å². The number of amidine groups is 1. The fourth-order valence-electron chi connectivity index (χ4n) is 4.02. The molecule has 2 saturated heterocycles. The van der Waals surface area contributed by atoms with Crippen molar-refractivity contribution in [3.8, 4) is 0 Å². The minimum absolute atomic E-state index is 0.0784. The Bertz CT molecular complexity index is 524. The first-order valence-electron chi connectivity index (χ1n) is 10.0. The molecule has 26 heavy (non-hydrogen) atoms. The van der Waals surface area contributed by atoms with E-state index in [2.05, 4.69) is 24.1 Å². The van der Waals surface area contributed by atoms with Gasteiger partial charge in [0, 0.05) is 19.6 Å². The molecule has 2 heterocycles. The molecule has 0 radical (unpaired) electrons. The Morgan fingerprint density at radius 2 is 2.15 bits per heavy atom. The maximum absolute atomic E-state index is 12.4. The summed E-state index contributed by atoms with van der Waals surface area (Å²) in [6.07, 6.45) is 4.52. The third-order valence-electron chi connectivity index (χ3n) is 5.82. The number of nitrogens with zero attached hydrogens (tertiary/aromatic N) is 2. The highest BCUT2D eigenvalue weighted by molar-refractivity contribution is 8.16. The third-order valence-corrected chi connectivity index (χ3v) is 6.92. The van der Waals surface area contributed by atoms with Crippen LogP contribution in [0.3, 0.4) is 0 Å². The molecule has 0 aromatic rings. The molecular formula is C19H33N3O3S. The molecule has 1 aliphatic carbocycles. The molecule has 2 aliphatic heterocycles. The number of aliphatic imine (C=N–C) groups is 1. The van der Waals surface area contributed by atoms with Gasteiger partial charge in [0.25, 0.3) is 5.91 Å². The van der Waals surface area contributed by atoms with Crippen molar-refractivity contribution in [2.24, 2.45) is 16.8 Å². The number of hydrogen-bond donors (Lipinski definition) is 1. The molecule has 7 heteroatoms. The Balaban J connectivity index is 1.46. The summed E-state index contributed by atoms with van der Waals surface area (Å²) in [5.74, 6) is 1.28. The second kappa shape index (κ2) is 9.04. The Labute approximate surface area is 161 Å². The third kappa shape index (κ3) is 5.00. The van der Waals surface area contributed by atoms with Crippen LogP contribution >= 0.6 is 11.8 Å². The maximum Gasteiger partial charge on any atom is 0.268 e. The van der Waals surface area contributed by atoms with E-state index in [0.717, 1.165) is 56.8 Å². The van der Waals surface area contributed by atoms with Gasteiger partial charge in [0.2, 0.25) is 0 Å². The van der Waals surface area contributed by atoms with E-state index < -0.39 is 4.93 Å². The standard InChI is InChI=1S/C19H33N3O3S/c1-4-15-12-14(2)16(13-15)20-18-21-17(23)19(3,26-18)25-9-5-6-22-7-10-24-11-8-22/h14-16H,4-13H2,1-3H3,(H,20,21,23). The molecule has 0 bridgehead atoms. The van der Waals surface area contributed by atoms with Crippen LogP contribution < -0.4 is 5.32 Å². The normalized spacial score (nSPS) is 37.4. The van der Waals surface area contributed by atoms with Crippen molar-refractivity contribution in [3.63, 3.8) is 0 Å². The van der Waals surface area contributed by atoms with Crippen LogP contribution in [0.2, 0.25) is 0 Å². The van der Waals surface area contributed by atoms with Crippen LogP contribution in [-0.2, 0) is 14.3 Å². The number of carbonyl (C=O) groups is 1. The summed E-state index contributed by atoms with van der Waals surface area (Å²) in [4.78, 5) is 18.8. The van der Waals surface area contributed by atoms with Gasteiger partial charge in [0.15, 0.2) is 10.1 Å². The van der Waals surface area contributed by atoms with Crippen molar-refractivity contribution in [3.05, 3.63) is 0 Å². The van der Waals surface area contributed by atoms with Gasteiger partial charge in [-0.05, 0) is 49.8 Å². The van der Waals surface area contributed by atoms with E-state index in [1.807, 2.05) is 6.92 Å². The number of thioether (sulfide) groups is 1. The number of hydrogen-bond acceptors (Lipinski definition) is 6. The lowest BCUT2D eigenvalue weighted by molar-refractivity contribution is -0.132. The van der Waals surface area contributed by atoms with Gasteiger partial charge in [-0.15, -0.1) is 0 Å². The lowest BCUT2D eigenvalue weighted by Gasteiger charge is -2.27. The number of nitrogens with one attached hydrogen (secondary N) is 1. The van der Waals surface area contributed by atoms with Gasteiger partial charge in [0.1, 0.15) is 0 Å². The molecule has 3 aliphatic rings. The Morgan fingerprint density at radius 3 is 2.85 bits per heavy atom. The van der Waals surface area contributed by atoms with Crippen LogP contribution in [0.5, 0.6) is 0 Å². The molecule has 1 saturated carbocycles. The summed E-state index contributed by atoms with van der Waals surface area (Å²) in [7, 11) is 0. The van der Waals surface area contributed by atoms with E-state index in [9.17, 15) is 4.79 Å². The molecule has 0 spiro atoms. The summed E-state index contributed by atoms with van der Waals surface area (Å²) in [6.45, 7) is 11.6. The molecule has 3 rings (SSSR count). The number of carbonyl (C=O) groups excluding carboxylic acids is 1. The molecule has 4 atom stereocenters. The average molecular weight is 384 g/mol. The lowest BCUT2D eigenvalue weighted by atomic mass is 10.0. The van der Waals surface area contributed by atoms with Crippen molar-refractivity contribution in [1.29, 1.82) is 0 Å². The molecule has 1 amide bonds. The summed E-state index contributed by atoms with van der Waals surface area (Å²) in [5.41, 5.74) is 0. The summed E-state index contributed by atoms with van der Waals surface area (Å²) >= 11 is 1.44.